The Labute approximate surface area is 116 Å². The molecular weight excluding hydrogens is 236 g/mol. The predicted octanol–water partition coefficient (Wildman–Crippen LogP) is 3.93. The van der Waals surface area contributed by atoms with Gasteiger partial charge in [0.15, 0.2) is 0 Å². The lowest BCUT2D eigenvalue weighted by Crippen LogP contribution is -2.36. The number of furan rings is 1. The summed E-state index contributed by atoms with van der Waals surface area (Å²) in [6.45, 7) is 8.54. The monoisotopic (exact) mass is 264 g/mol. The van der Waals surface area contributed by atoms with Crippen molar-refractivity contribution in [2.24, 2.45) is 17.7 Å². The molecule has 3 heteroatoms. The third-order valence-electron chi connectivity index (χ3n) is 4.98. The second kappa shape index (κ2) is 6.10. The largest absolute Gasteiger partial charge is 0.466 e. The molecule has 0 saturated heterocycles. The van der Waals surface area contributed by atoms with E-state index in [1.165, 1.54) is 43.2 Å². The van der Waals surface area contributed by atoms with Crippen molar-refractivity contribution in [1.29, 1.82) is 0 Å². The Bertz CT molecular complexity index is 425. The summed E-state index contributed by atoms with van der Waals surface area (Å²) >= 11 is 0. The Morgan fingerprint density at radius 2 is 2.00 bits per heavy atom. The Morgan fingerprint density at radius 1 is 1.26 bits per heavy atom. The molecule has 2 rings (SSSR count). The van der Waals surface area contributed by atoms with Crippen molar-refractivity contribution < 1.29 is 4.42 Å². The van der Waals surface area contributed by atoms with Gasteiger partial charge in [0.1, 0.15) is 11.5 Å². The molecule has 3 unspecified atom stereocenters. The first-order valence-electron chi connectivity index (χ1n) is 7.61. The van der Waals surface area contributed by atoms with Gasteiger partial charge in [-0.3, -0.25) is 11.3 Å². The molecule has 1 aromatic heterocycles. The number of nitrogens with one attached hydrogen (secondary N) is 1. The van der Waals surface area contributed by atoms with Crippen LogP contribution in [0.25, 0.3) is 0 Å². The number of aryl methyl sites for hydroxylation is 2. The van der Waals surface area contributed by atoms with Gasteiger partial charge in [-0.15, -0.1) is 0 Å². The van der Waals surface area contributed by atoms with Crippen molar-refractivity contribution in [1.82, 2.24) is 5.43 Å². The van der Waals surface area contributed by atoms with Crippen molar-refractivity contribution in [3.8, 4) is 0 Å². The zero-order valence-corrected chi connectivity index (χ0v) is 12.8. The van der Waals surface area contributed by atoms with Crippen molar-refractivity contribution in [3.63, 3.8) is 0 Å². The topological polar surface area (TPSA) is 51.2 Å². The first kappa shape index (κ1) is 14.6. The van der Waals surface area contributed by atoms with E-state index in [1.807, 2.05) is 6.92 Å². The number of hydrogen-bond donors (Lipinski definition) is 2. The molecule has 1 aliphatic carbocycles. The van der Waals surface area contributed by atoms with E-state index in [-0.39, 0.29) is 6.04 Å². The van der Waals surface area contributed by atoms with E-state index in [0.29, 0.717) is 5.92 Å². The van der Waals surface area contributed by atoms with E-state index in [1.54, 1.807) is 0 Å². The maximum absolute atomic E-state index is 5.88. The van der Waals surface area contributed by atoms with Gasteiger partial charge in [0.05, 0.1) is 6.04 Å². The highest BCUT2D eigenvalue weighted by atomic mass is 16.3. The van der Waals surface area contributed by atoms with Gasteiger partial charge in [-0.1, -0.05) is 26.2 Å². The van der Waals surface area contributed by atoms with E-state index in [2.05, 4.69) is 26.2 Å². The molecule has 0 radical (unpaired) electrons. The van der Waals surface area contributed by atoms with Crippen LogP contribution in [-0.4, -0.2) is 0 Å². The van der Waals surface area contributed by atoms with Gasteiger partial charge < -0.3 is 4.42 Å². The molecular formula is C16H28N2O. The summed E-state index contributed by atoms with van der Waals surface area (Å²) < 4.78 is 5.78. The van der Waals surface area contributed by atoms with E-state index in [0.717, 1.165) is 17.4 Å². The fourth-order valence-corrected chi connectivity index (χ4v) is 3.73. The quantitative estimate of drug-likeness (QED) is 0.640. The molecule has 3 atom stereocenters. The summed E-state index contributed by atoms with van der Waals surface area (Å²) in [6.07, 6.45) is 6.56. The van der Waals surface area contributed by atoms with Crippen molar-refractivity contribution >= 4 is 0 Å². The number of rotatable bonds is 4. The SMILES string of the molecule is CCC1CCCC(C(NN)c2c(C)oc(C)c2C)C1. The molecule has 0 spiro atoms. The van der Waals surface area contributed by atoms with Crippen LogP contribution in [0.15, 0.2) is 4.42 Å². The number of hydrazine groups is 1. The second-order valence-corrected chi connectivity index (χ2v) is 6.10. The molecule has 1 aliphatic rings. The van der Waals surface area contributed by atoms with Crippen LogP contribution in [0.4, 0.5) is 0 Å². The first-order valence-corrected chi connectivity index (χ1v) is 7.61. The van der Waals surface area contributed by atoms with Crippen LogP contribution in [0.5, 0.6) is 0 Å². The third kappa shape index (κ3) is 2.87. The van der Waals surface area contributed by atoms with Crippen molar-refractivity contribution in [2.75, 3.05) is 0 Å². The predicted molar refractivity (Wildman–Crippen MR) is 78.7 cm³/mol. The minimum Gasteiger partial charge on any atom is -0.466 e. The fourth-order valence-electron chi connectivity index (χ4n) is 3.73. The van der Waals surface area contributed by atoms with E-state index in [4.69, 9.17) is 10.3 Å². The van der Waals surface area contributed by atoms with Gasteiger partial charge in [-0.25, -0.2) is 0 Å². The maximum Gasteiger partial charge on any atom is 0.106 e. The van der Waals surface area contributed by atoms with Gasteiger partial charge in [0, 0.05) is 5.56 Å². The normalized spacial score (nSPS) is 25.5. The Kier molecular flexibility index (Phi) is 4.69. The molecule has 1 heterocycles. The average Bonchev–Trinajstić information content (AvgIpc) is 2.66. The lowest BCUT2D eigenvalue weighted by atomic mass is 9.75. The highest BCUT2D eigenvalue weighted by Crippen LogP contribution is 2.40. The highest BCUT2D eigenvalue weighted by Gasteiger charge is 2.31. The zero-order chi connectivity index (χ0) is 14.0. The standard InChI is InChI=1S/C16H28N2O/c1-5-13-7-6-8-14(9-13)16(18-17)15-10(2)11(3)19-12(15)4/h13-14,16,18H,5-9,17H2,1-4H3. The van der Waals surface area contributed by atoms with Gasteiger partial charge >= 0.3 is 0 Å². The number of nitrogens with two attached hydrogens (primary N) is 1. The van der Waals surface area contributed by atoms with Crippen LogP contribution in [0, 0.1) is 32.6 Å². The van der Waals surface area contributed by atoms with Gasteiger partial charge in [0.2, 0.25) is 0 Å². The molecule has 0 aromatic carbocycles. The van der Waals surface area contributed by atoms with Crippen molar-refractivity contribution in [3.05, 3.63) is 22.6 Å². The Hall–Kier alpha value is -0.800. The van der Waals surface area contributed by atoms with E-state index >= 15 is 0 Å². The zero-order valence-electron chi connectivity index (χ0n) is 12.8. The Morgan fingerprint density at radius 3 is 2.53 bits per heavy atom. The van der Waals surface area contributed by atoms with Crippen LogP contribution in [0.1, 0.15) is 67.7 Å². The average molecular weight is 264 g/mol. The van der Waals surface area contributed by atoms with Crippen LogP contribution in [0.2, 0.25) is 0 Å². The highest BCUT2D eigenvalue weighted by molar-refractivity contribution is 5.34. The fraction of sp³-hybridized carbons (Fsp3) is 0.750. The number of hydrogen-bond acceptors (Lipinski definition) is 3. The summed E-state index contributed by atoms with van der Waals surface area (Å²) in [7, 11) is 0. The second-order valence-electron chi connectivity index (χ2n) is 6.10. The first-order chi connectivity index (χ1) is 9.08. The summed E-state index contributed by atoms with van der Waals surface area (Å²) in [5, 5.41) is 0. The lowest BCUT2D eigenvalue weighted by Gasteiger charge is -2.34. The molecule has 0 bridgehead atoms. The molecule has 108 valence electrons. The maximum atomic E-state index is 5.88. The Balaban J connectivity index is 2.24. The van der Waals surface area contributed by atoms with Crippen LogP contribution in [0.3, 0.4) is 0 Å². The molecule has 3 nitrogen and oxygen atoms in total. The van der Waals surface area contributed by atoms with E-state index in [9.17, 15) is 0 Å². The third-order valence-corrected chi connectivity index (χ3v) is 4.98. The smallest absolute Gasteiger partial charge is 0.106 e. The lowest BCUT2D eigenvalue weighted by molar-refractivity contribution is 0.208. The van der Waals surface area contributed by atoms with Crippen LogP contribution in [-0.2, 0) is 0 Å². The molecule has 19 heavy (non-hydrogen) atoms. The summed E-state index contributed by atoms with van der Waals surface area (Å²) in [5.74, 6) is 9.43. The van der Waals surface area contributed by atoms with Gasteiger partial charge in [-0.05, 0) is 51.0 Å². The molecule has 0 amide bonds. The van der Waals surface area contributed by atoms with Gasteiger partial charge in [0.25, 0.3) is 0 Å². The molecule has 1 aromatic rings. The summed E-state index contributed by atoms with van der Waals surface area (Å²) in [6, 6.07) is 0.242. The van der Waals surface area contributed by atoms with Crippen LogP contribution < -0.4 is 11.3 Å². The minimum absolute atomic E-state index is 0.242. The molecule has 3 N–H and O–H groups in total. The van der Waals surface area contributed by atoms with Crippen molar-refractivity contribution in [2.45, 2.75) is 65.8 Å². The van der Waals surface area contributed by atoms with Gasteiger partial charge in [-0.2, -0.15) is 0 Å². The van der Waals surface area contributed by atoms with Crippen LogP contribution >= 0.6 is 0 Å². The molecule has 1 saturated carbocycles. The minimum atomic E-state index is 0.242. The summed E-state index contributed by atoms with van der Waals surface area (Å²) in [5.41, 5.74) is 5.62. The molecule has 0 aliphatic heterocycles. The van der Waals surface area contributed by atoms with E-state index < -0.39 is 0 Å². The molecule has 1 fully saturated rings. The summed E-state index contributed by atoms with van der Waals surface area (Å²) in [4.78, 5) is 0.